The van der Waals surface area contributed by atoms with Crippen LogP contribution in [0, 0.1) is 25.2 Å². The highest BCUT2D eigenvalue weighted by molar-refractivity contribution is 7.10. The lowest BCUT2D eigenvalue weighted by Gasteiger charge is -2.27. The number of nitrogens with zero attached hydrogens (tertiary/aromatic N) is 3. The van der Waals surface area contributed by atoms with Crippen molar-refractivity contribution in [2.24, 2.45) is 0 Å². The van der Waals surface area contributed by atoms with Crippen LogP contribution in [0.5, 0.6) is 0 Å². The molecule has 1 N–H and O–H groups in total. The monoisotopic (exact) mass is 326 g/mol. The largest absolute Gasteiger partial charge is 0.382 e. The number of likely N-dealkylation sites (tertiary alicyclic amines) is 1. The normalized spacial score (nSPS) is 16.2. The summed E-state index contributed by atoms with van der Waals surface area (Å²) in [6.07, 6.45) is 2.55. The van der Waals surface area contributed by atoms with Crippen molar-refractivity contribution < 1.29 is 0 Å². The Morgan fingerprint density at radius 1 is 1.39 bits per heavy atom. The first-order valence-corrected chi connectivity index (χ1v) is 8.96. The van der Waals surface area contributed by atoms with Gasteiger partial charge in [-0.1, -0.05) is 6.07 Å². The van der Waals surface area contributed by atoms with Crippen LogP contribution >= 0.6 is 11.3 Å². The fourth-order valence-electron chi connectivity index (χ4n) is 3.26. The highest BCUT2D eigenvalue weighted by Gasteiger charge is 2.24. The quantitative estimate of drug-likeness (QED) is 0.906. The molecule has 0 radical (unpaired) electrons. The number of hydrogen-bond donors (Lipinski definition) is 1. The summed E-state index contributed by atoms with van der Waals surface area (Å²) in [5.74, 6) is 0. The summed E-state index contributed by atoms with van der Waals surface area (Å²) in [6, 6.07) is 8.96. The van der Waals surface area contributed by atoms with Gasteiger partial charge in [0.1, 0.15) is 6.07 Å². The van der Waals surface area contributed by atoms with E-state index in [1.807, 2.05) is 31.3 Å². The summed E-state index contributed by atoms with van der Waals surface area (Å²) in [7, 11) is 0. The molecule has 1 aliphatic rings. The minimum atomic E-state index is 0.373. The molecular formula is C18H22N4S. The molecule has 3 rings (SSSR count). The van der Waals surface area contributed by atoms with Gasteiger partial charge in [-0.2, -0.15) is 5.26 Å². The highest BCUT2D eigenvalue weighted by atomic mass is 32.1. The van der Waals surface area contributed by atoms with E-state index in [1.54, 1.807) is 0 Å². The van der Waals surface area contributed by atoms with E-state index < -0.39 is 0 Å². The molecule has 1 saturated heterocycles. The van der Waals surface area contributed by atoms with Crippen LogP contribution in [0.25, 0.3) is 0 Å². The van der Waals surface area contributed by atoms with Crippen LogP contribution in [0.3, 0.4) is 0 Å². The molecule has 1 aliphatic heterocycles. The average molecular weight is 326 g/mol. The predicted molar refractivity (Wildman–Crippen MR) is 94.8 cm³/mol. The zero-order valence-corrected chi connectivity index (χ0v) is 14.5. The number of rotatable bonds is 5. The Morgan fingerprint density at radius 3 is 2.83 bits per heavy atom. The molecule has 4 nitrogen and oxygen atoms in total. The second kappa shape index (κ2) is 7.12. The molecular weight excluding hydrogens is 304 g/mol. The van der Waals surface area contributed by atoms with Gasteiger partial charge < -0.3 is 5.32 Å². The van der Waals surface area contributed by atoms with Gasteiger partial charge in [0.05, 0.1) is 23.0 Å². The number of nitrogens with one attached hydrogen (secondary N) is 1. The van der Waals surface area contributed by atoms with Crippen LogP contribution in [0.2, 0.25) is 0 Å². The van der Waals surface area contributed by atoms with Crippen molar-refractivity contribution in [2.75, 3.05) is 25.0 Å². The van der Waals surface area contributed by atoms with E-state index in [4.69, 9.17) is 0 Å². The zero-order chi connectivity index (χ0) is 16.2. The number of aryl methyl sites for hydroxylation is 2. The first-order valence-electron chi connectivity index (χ1n) is 8.08. The minimum Gasteiger partial charge on any atom is -0.382 e. The van der Waals surface area contributed by atoms with Crippen LogP contribution in [0.15, 0.2) is 23.6 Å². The molecule has 2 aromatic heterocycles. The maximum Gasteiger partial charge on any atom is 0.103 e. The molecule has 3 heterocycles. The fraction of sp³-hybridized carbons (Fsp3) is 0.444. The molecule has 1 fully saturated rings. The van der Waals surface area contributed by atoms with E-state index in [-0.39, 0.29) is 0 Å². The molecule has 23 heavy (non-hydrogen) atoms. The number of anilines is 1. The van der Waals surface area contributed by atoms with Crippen molar-refractivity contribution >= 4 is 17.0 Å². The van der Waals surface area contributed by atoms with E-state index in [9.17, 15) is 5.26 Å². The van der Waals surface area contributed by atoms with Gasteiger partial charge in [-0.15, -0.1) is 11.3 Å². The van der Waals surface area contributed by atoms with E-state index in [2.05, 4.69) is 38.8 Å². The Kier molecular flexibility index (Phi) is 4.94. The minimum absolute atomic E-state index is 0.373. The number of pyridine rings is 1. The summed E-state index contributed by atoms with van der Waals surface area (Å²) < 4.78 is 0. The third-order valence-corrected chi connectivity index (χ3v) is 5.35. The SMILES string of the molecule is Cc1cc(NCC(c2cccs2)N2CCCC2)c(C#N)c(C)n1. The van der Waals surface area contributed by atoms with E-state index in [0.29, 0.717) is 11.6 Å². The van der Waals surface area contributed by atoms with E-state index in [0.717, 1.165) is 36.7 Å². The summed E-state index contributed by atoms with van der Waals surface area (Å²) >= 11 is 1.81. The number of nitriles is 1. The van der Waals surface area contributed by atoms with Crippen LogP contribution in [-0.2, 0) is 0 Å². The molecule has 0 amide bonds. The van der Waals surface area contributed by atoms with Crippen molar-refractivity contribution in [2.45, 2.75) is 32.7 Å². The van der Waals surface area contributed by atoms with Crippen molar-refractivity contribution in [3.63, 3.8) is 0 Å². The van der Waals surface area contributed by atoms with Crippen molar-refractivity contribution in [3.05, 3.63) is 45.4 Å². The predicted octanol–water partition coefficient (Wildman–Crippen LogP) is 3.88. The van der Waals surface area contributed by atoms with Gasteiger partial charge in [0.25, 0.3) is 0 Å². The van der Waals surface area contributed by atoms with Crippen molar-refractivity contribution in [3.8, 4) is 6.07 Å². The third-order valence-electron chi connectivity index (χ3n) is 4.38. The van der Waals surface area contributed by atoms with Gasteiger partial charge in [-0.25, -0.2) is 0 Å². The van der Waals surface area contributed by atoms with E-state index in [1.165, 1.54) is 17.7 Å². The topological polar surface area (TPSA) is 52.0 Å². The second-order valence-electron chi connectivity index (χ2n) is 6.04. The Labute approximate surface area is 141 Å². The Bertz CT molecular complexity index is 697. The highest BCUT2D eigenvalue weighted by Crippen LogP contribution is 2.29. The van der Waals surface area contributed by atoms with Crippen molar-refractivity contribution in [1.82, 2.24) is 9.88 Å². The maximum atomic E-state index is 9.41. The smallest absolute Gasteiger partial charge is 0.103 e. The lowest BCUT2D eigenvalue weighted by Crippen LogP contribution is -2.30. The number of aromatic nitrogens is 1. The molecule has 0 saturated carbocycles. The molecule has 0 aliphatic carbocycles. The molecule has 5 heteroatoms. The Morgan fingerprint density at radius 2 is 2.17 bits per heavy atom. The molecule has 2 aromatic rings. The van der Waals surface area contributed by atoms with Crippen LogP contribution in [0.4, 0.5) is 5.69 Å². The molecule has 1 unspecified atom stereocenters. The van der Waals surface area contributed by atoms with Gasteiger partial charge in [-0.05, 0) is 57.3 Å². The second-order valence-corrected chi connectivity index (χ2v) is 7.02. The zero-order valence-electron chi connectivity index (χ0n) is 13.7. The van der Waals surface area contributed by atoms with Gasteiger partial charge in [0.15, 0.2) is 0 Å². The summed E-state index contributed by atoms with van der Waals surface area (Å²) in [4.78, 5) is 8.33. The number of hydrogen-bond acceptors (Lipinski definition) is 5. The molecule has 0 bridgehead atoms. The third kappa shape index (κ3) is 3.54. The molecule has 1 atom stereocenters. The van der Waals surface area contributed by atoms with Gasteiger partial charge in [0.2, 0.25) is 0 Å². The summed E-state index contributed by atoms with van der Waals surface area (Å²) in [6.45, 7) is 7.00. The first-order chi connectivity index (χ1) is 11.2. The standard InChI is InChI=1S/C18H22N4S/c1-13-10-16(15(11-19)14(2)21-13)20-12-17(18-6-5-9-23-18)22-7-3-4-8-22/h5-6,9-10,17H,3-4,7-8,12H2,1-2H3,(H,20,21). The summed E-state index contributed by atoms with van der Waals surface area (Å²) in [5.41, 5.74) is 3.29. The lowest BCUT2D eigenvalue weighted by atomic mass is 10.1. The van der Waals surface area contributed by atoms with E-state index >= 15 is 0 Å². The molecule has 120 valence electrons. The van der Waals surface area contributed by atoms with Crippen LogP contribution in [-0.4, -0.2) is 29.5 Å². The van der Waals surface area contributed by atoms with Crippen molar-refractivity contribution in [1.29, 1.82) is 5.26 Å². The first kappa shape index (κ1) is 16.0. The van der Waals surface area contributed by atoms with Gasteiger partial charge in [0, 0.05) is 17.1 Å². The van der Waals surface area contributed by atoms with Crippen LogP contribution < -0.4 is 5.32 Å². The number of thiophene rings is 1. The van der Waals surface area contributed by atoms with Crippen LogP contribution in [0.1, 0.15) is 40.7 Å². The van der Waals surface area contributed by atoms with Gasteiger partial charge in [-0.3, -0.25) is 9.88 Å². The van der Waals surface area contributed by atoms with Gasteiger partial charge >= 0.3 is 0 Å². The maximum absolute atomic E-state index is 9.41. The fourth-order valence-corrected chi connectivity index (χ4v) is 4.12. The molecule has 0 spiro atoms. The Hall–Kier alpha value is -1.90. The Balaban J connectivity index is 1.81. The molecule has 0 aromatic carbocycles. The average Bonchev–Trinajstić information content (AvgIpc) is 3.21. The summed E-state index contributed by atoms with van der Waals surface area (Å²) in [5, 5.41) is 15.1. The lowest BCUT2D eigenvalue weighted by molar-refractivity contribution is 0.259.